The molecule has 1 aromatic heterocycles. The van der Waals surface area contributed by atoms with E-state index in [1.54, 1.807) is 7.11 Å². The second kappa shape index (κ2) is 9.57. The number of aliphatic hydroxyl groups is 1. The van der Waals surface area contributed by atoms with Crippen molar-refractivity contribution in [2.75, 3.05) is 20.2 Å². The third kappa shape index (κ3) is 5.04. The zero-order valence-electron chi connectivity index (χ0n) is 18.4. The fourth-order valence-electron chi connectivity index (χ4n) is 4.57. The predicted octanol–water partition coefficient (Wildman–Crippen LogP) is 4.43. The van der Waals surface area contributed by atoms with Crippen molar-refractivity contribution in [3.8, 4) is 11.5 Å². The van der Waals surface area contributed by atoms with Gasteiger partial charge in [0.05, 0.1) is 17.7 Å². The third-order valence-electron chi connectivity index (χ3n) is 6.55. The van der Waals surface area contributed by atoms with Crippen LogP contribution in [0.2, 0.25) is 0 Å². The second-order valence-corrected chi connectivity index (χ2v) is 9.77. The van der Waals surface area contributed by atoms with Crippen LogP contribution in [0.5, 0.6) is 11.5 Å². The average Bonchev–Trinajstić information content (AvgIpc) is 3.40. The number of nitrogens with zero attached hydrogens (tertiary/aromatic N) is 2. The summed E-state index contributed by atoms with van der Waals surface area (Å²) in [5, 5.41) is 12.2. The number of thiazole rings is 1. The Morgan fingerprint density at radius 3 is 2.58 bits per heavy atom. The van der Waals surface area contributed by atoms with Gasteiger partial charge in [0.15, 0.2) is 0 Å². The molecule has 2 aliphatic rings. The summed E-state index contributed by atoms with van der Waals surface area (Å²) in [4.78, 5) is 20.5. The van der Waals surface area contributed by atoms with Crippen LogP contribution in [-0.4, -0.2) is 41.1 Å². The number of rotatable bonds is 6. The van der Waals surface area contributed by atoms with Crippen molar-refractivity contribution < 1.29 is 19.4 Å². The van der Waals surface area contributed by atoms with Gasteiger partial charge in [-0.3, -0.25) is 4.79 Å². The van der Waals surface area contributed by atoms with E-state index in [9.17, 15) is 9.90 Å². The second-order valence-electron chi connectivity index (χ2n) is 8.68. The Hall–Kier alpha value is -2.12. The van der Waals surface area contributed by atoms with Crippen LogP contribution in [0.4, 0.5) is 0 Å². The number of carbonyl (C=O) groups excluding carboxylic acids is 1. The van der Waals surface area contributed by atoms with Crippen molar-refractivity contribution in [3.63, 3.8) is 0 Å². The van der Waals surface area contributed by atoms with E-state index in [4.69, 9.17) is 14.5 Å². The molecule has 1 saturated heterocycles. The topological polar surface area (TPSA) is 71.9 Å². The quantitative estimate of drug-likeness (QED) is 0.714. The first-order valence-corrected chi connectivity index (χ1v) is 12.0. The number of aromatic nitrogens is 1. The number of carbonyl (C=O) groups is 1. The zero-order chi connectivity index (χ0) is 21.8. The van der Waals surface area contributed by atoms with Crippen LogP contribution in [0, 0.1) is 12.8 Å². The van der Waals surface area contributed by atoms with Crippen molar-refractivity contribution >= 4 is 17.2 Å². The van der Waals surface area contributed by atoms with Crippen LogP contribution >= 0.6 is 11.3 Å². The standard InChI is InChI=1S/C24H32N2O4S/c1-17-21(16-30-20-10-8-19(29-2)9-11-20)31-23(25-17)24(28)12-5-14-26(15-13-24)22(27)18-6-3-4-7-18/h8-11,18,28H,3-7,12-16H2,1-2H3. The Balaban J connectivity index is 1.39. The molecule has 1 N–H and O–H groups in total. The molecule has 1 aromatic carbocycles. The van der Waals surface area contributed by atoms with Crippen molar-refractivity contribution in [2.45, 2.75) is 64.1 Å². The molecule has 0 spiro atoms. The summed E-state index contributed by atoms with van der Waals surface area (Å²) >= 11 is 1.52. The Morgan fingerprint density at radius 2 is 1.87 bits per heavy atom. The maximum atomic E-state index is 12.8. The minimum Gasteiger partial charge on any atom is -0.497 e. The van der Waals surface area contributed by atoms with Crippen molar-refractivity contribution in [1.29, 1.82) is 0 Å². The molecule has 1 aliphatic carbocycles. The van der Waals surface area contributed by atoms with E-state index in [-0.39, 0.29) is 11.8 Å². The van der Waals surface area contributed by atoms with Crippen LogP contribution in [0.1, 0.15) is 60.5 Å². The molecule has 31 heavy (non-hydrogen) atoms. The van der Waals surface area contributed by atoms with Crippen LogP contribution < -0.4 is 9.47 Å². The van der Waals surface area contributed by atoms with Crippen LogP contribution in [0.3, 0.4) is 0 Å². The van der Waals surface area contributed by atoms with Gasteiger partial charge in [-0.1, -0.05) is 12.8 Å². The van der Waals surface area contributed by atoms with Gasteiger partial charge < -0.3 is 19.5 Å². The third-order valence-corrected chi connectivity index (χ3v) is 7.87. The van der Waals surface area contributed by atoms with Crippen LogP contribution in [-0.2, 0) is 17.0 Å². The van der Waals surface area contributed by atoms with Crippen molar-refractivity contribution in [3.05, 3.63) is 39.8 Å². The summed E-state index contributed by atoms with van der Waals surface area (Å²) in [6.07, 6.45) is 6.32. The monoisotopic (exact) mass is 444 g/mol. The molecule has 1 aliphatic heterocycles. The van der Waals surface area contributed by atoms with Crippen molar-refractivity contribution in [1.82, 2.24) is 9.88 Å². The van der Waals surface area contributed by atoms with E-state index in [0.29, 0.717) is 26.0 Å². The van der Waals surface area contributed by atoms with Crippen molar-refractivity contribution in [2.24, 2.45) is 5.92 Å². The highest BCUT2D eigenvalue weighted by Gasteiger charge is 2.37. The lowest BCUT2D eigenvalue weighted by atomic mass is 9.96. The summed E-state index contributed by atoms with van der Waals surface area (Å²) in [5.74, 6) is 2.03. The number of aryl methyl sites for hydroxylation is 1. The van der Waals surface area contributed by atoms with Gasteiger partial charge in [0, 0.05) is 25.4 Å². The first kappa shape index (κ1) is 22.1. The first-order chi connectivity index (χ1) is 15.0. The molecule has 6 nitrogen and oxygen atoms in total. The maximum Gasteiger partial charge on any atom is 0.225 e. The number of likely N-dealkylation sites (tertiary alicyclic amines) is 1. The molecule has 0 bridgehead atoms. The molecule has 4 rings (SSSR count). The molecule has 168 valence electrons. The largest absolute Gasteiger partial charge is 0.497 e. The number of hydrogen-bond donors (Lipinski definition) is 1. The molecular formula is C24H32N2O4S. The number of benzene rings is 1. The Bertz CT molecular complexity index is 891. The molecule has 0 radical (unpaired) electrons. The summed E-state index contributed by atoms with van der Waals surface area (Å²) < 4.78 is 11.1. The number of hydrogen-bond acceptors (Lipinski definition) is 6. The molecule has 2 aromatic rings. The lowest BCUT2D eigenvalue weighted by Gasteiger charge is -2.26. The van der Waals surface area contributed by atoms with Crippen LogP contribution in [0.25, 0.3) is 0 Å². The smallest absolute Gasteiger partial charge is 0.225 e. The minimum atomic E-state index is -0.974. The van der Waals surface area contributed by atoms with Gasteiger partial charge >= 0.3 is 0 Å². The highest BCUT2D eigenvalue weighted by atomic mass is 32.1. The SMILES string of the molecule is COc1ccc(OCc2sc(C3(O)CCCN(C(=O)C4CCCC4)CC3)nc2C)cc1. The van der Waals surface area contributed by atoms with Crippen LogP contribution in [0.15, 0.2) is 24.3 Å². The van der Waals surface area contributed by atoms with E-state index < -0.39 is 5.60 Å². The molecule has 2 fully saturated rings. The van der Waals surface area contributed by atoms with Gasteiger partial charge in [-0.25, -0.2) is 4.98 Å². The van der Waals surface area contributed by atoms with Gasteiger partial charge in [0.25, 0.3) is 0 Å². The summed E-state index contributed by atoms with van der Waals surface area (Å²) in [7, 11) is 1.64. The Labute approximate surface area is 188 Å². The molecule has 2 heterocycles. The van der Waals surface area contributed by atoms with Gasteiger partial charge in [0.1, 0.15) is 28.7 Å². The van der Waals surface area contributed by atoms with E-state index in [1.807, 2.05) is 36.1 Å². The van der Waals surface area contributed by atoms with Gasteiger partial charge in [-0.2, -0.15) is 0 Å². The normalized spacial score (nSPS) is 22.4. The van der Waals surface area contributed by atoms with E-state index in [0.717, 1.165) is 65.7 Å². The summed E-state index contributed by atoms with van der Waals surface area (Å²) in [6.45, 7) is 3.71. The predicted molar refractivity (Wildman–Crippen MR) is 120 cm³/mol. The molecular weight excluding hydrogens is 412 g/mol. The average molecular weight is 445 g/mol. The molecule has 1 amide bonds. The molecule has 1 saturated carbocycles. The van der Waals surface area contributed by atoms with E-state index >= 15 is 0 Å². The first-order valence-electron chi connectivity index (χ1n) is 11.2. The number of methoxy groups -OCH3 is 1. The fraction of sp³-hybridized carbons (Fsp3) is 0.583. The highest BCUT2D eigenvalue weighted by Crippen LogP contribution is 2.37. The lowest BCUT2D eigenvalue weighted by Crippen LogP contribution is -2.37. The Kier molecular flexibility index (Phi) is 6.82. The highest BCUT2D eigenvalue weighted by molar-refractivity contribution is 7.11. The zero-order valence-corrected chi connectivity index (χ0v) is 19.2. The molecule has 1 atom stereocenters. The maximum absolute atomic E-state index is 12.8. The van der Waals surface area contributed by atoms with Gasteiger partial charge in [-0.15, -0.1) is 11.3 Å². The fourth-order valence-corrected chi connectivity index (χ4v) is 5.69. The van der Waals surface area contributed by atoms with E-state index in [2.05, 4.69) is 0 Å². The molecule has 1 unspecified atom stereocenters. The van der Waals surface area contributed by atoms with Gasteiger partial charge in [0.2, 0.25) is 5.91 Å². The lowest BCUT2D eigenvalue weighted by molar-refractivity contribution is -0.135. The van der Waals surface area contributed by atoms with E-state index in [1.165, 1.54) is 11.3 Å². The minimum absolute atomic E-state index is 0.190. The summed E-state index contributed by atoms with van der Waals surface area (Å²) in [6, 6.07) is 7.50. The number of ether oxygens (including phenoxy) is 2. The summed E-state index contributed by atoms with van der Waals surface area (Å²) in [5.41, 5.74) is -0.0801. The number of amides is 1. The Morgan fingerprint density at radius 1 is 1.16 bits per heavy atom. The molecule has 7 heteroatoms. The van der Waals surface area contributed by atoms with Gasteiger partial charge in [-0.05, 0) is 56.9 Å².